The maximum Gasteiger partial charge on any atom is 0.338 e. The Hall–Kier alpha value is -4.38. The second-order valence-corrected chi connectivity index (χ2v) is 9.66. The molecule has 0 amide bonds. The number of hydrogen-bond donors (Lipinski definition) is 0. The fourth-order valence-corrected chi connectivity index (χ4v) is 5.45. The Balaban J connectivity index is 1.92. The van der Waals surface area contributed by atoms with Gasteiger partial charge in [0.15, 0.2) is 27.8 Å². The number of rotatable bonds is 9. The van der Waals surface area contributed by atoms with Gasteiger partial charge < -0.3 is 23.7 Å². The number of carbonyl (C=O) groups excluding carboxylic acids is 2. The summed E-state index contributed by atoms with van der Waals surface area (Å²) >= 11 is 1.20. The van der Waals surface area contributed by atoms with Crippen LogP contribution in [0.1, 0.15) is 44.9 Å². The highest BCUT2D eigenvalue weighted by Gasteiger charge is 2.34. The first-order valence-corrected chi connectivity index (χ1v) is 13.4. The van der Waals surface area contributed by atoms with Crippen LogP contribution in [0.15, 0.2) is 57.5 Å². The largest absolute Gasteiger partial charge is 0.493 e. The van der Waals surface area contributed by atoms with Crippen LogP contribution in [0.25, 0.3) is 6.08 Å². The van der Waals surface area contributed by atoms with Gasteiger partial charge in [0, 0.05) is 6.92 Å². The van der Waals surface area contributed by atoms with Crippen LogP contribution < -0.4 is 33.8 Å². The highest BCUT2D eigenvalue weighted by molar-refractivity contribution is 7.07. The molecule has 210 valence electrons. The summed E-state index contributed by atoms with van der Waals surface area (Å²) in [5, 5.41) is 0. The van der Waals surface area contributed by atoms with Crippen LogP contribution in [0.4, 0.5) is 0 Å². The number of esters is 2. The average molecular weight is 567 g/mol. The molecule has 4 rings (SSSR count). The summed E-state index contributed by atoms with van der Waals surface area (Å²) in [4.78, 5) is 43.6. The zero-order valence-corrected chi connectivity index (χ0v) is 23.9. The number of methoxy groups -OCH3 is 2. The summed E-state index contributed by atoms with van der Waals surface area (Å²) in [5.41, 5.74) is 1.61. The second kappa shape index (κ2) is 12.2. The zero-order chi connectivity index (χ0) is 29.0. The first kappa shape index (κ1) is 28.6. The van der Waals surface area contributed by atoms with Crippen LogP contribution in [-0.2, 0) is 14.3 Å². The lowest BCUT2D eigenvalue weighted by Gasteiger charge is -2.25. The standard InChI is InChI=1S/C29H30N2O8S/c1-7-37-20-11-9-18(13-22(20)35-5)14-24-27(33)31-26(19-10-12-21(39-17(4)32)23(15-19)36-6)25(28(34)38-8-2)16(3)30-29(31)40-24/h9-15,26H,7-8H2,1-6H3. The maximum absolute atomic E-state index is 13.9. The molecule has 0 saturated heterocycles. The first-order chi connectivity index (χ1) is 19.2. The SMILES string of the molecule is CCOC(=O)C1=C(C)N=c2sc(=Cc3ccc(OCC)c(OC)c3)c(=O)n2C1c1ccc(OC(C)=O)c(OC)c1. The first-order valence-electron chi connectivity index (χ1n) is 12.6. The molecule has 1 aliphatic rings. The lowest BCUT2D eigenvalue weighted by atomic mass is 9.95. The molecular formula is C29H30N2O8S. The summed E-state index contributed by atoms with van der Waals surface area (Å²) in [7, 11) is 2.99. The summed E-state index contributed by atoms with van der Waals surface area (Å²) in [6, 6.07) is 9.43. The second-order valence-electron chi connectivity index (χ2n) is 8.65. The molecule has 3 aromatic rings. The van der Waals surface area contributed by atoms with E-state index >= 15 is 0 Å². The minimum Gasteiger partial charge on any atom is -0.493 e. The van der Waals surface area contributed by atoms with Crippen molar-refractivity contribution in [2.75, 3.05) is 27.4 Å². The van der Waals surface area contributed by atoms with Gasteiger partial charge in [-0.25, -0.2) is 9.79 Å². The molecule has 0 saturated carbocycles. The van der Waals surface area contributed by atoms with Gasteiger partial charge in [0.25, 0.3) is 5.56 Å². The van der Waals surface area contributed by atoms with E-state index in [-0.39, 0.29) is 29.2 Å². The monoisotopic (exact) mass is 566 g/mol. The van der Waals surface area contributed by atoms with E-state index in [1.54, 1.807) is 57.4 Å². The third-order valence-corrected chi connectivity index (χ3v) is 7.04. The quantitative estimate of drug-likeness (QED) is 0.287. The predicted molar refractivity (Wildman–Crippen MR) is 149 cm³/mol. The third kappa shape index (κ3) is 5.64. The van der Waals surface area contributed by atoms with E-state index in [4.69, 9.17) is 23.7 Å². The molecule has 1 aromatic heterocycles. The molecule has 1 atom stereocenters. The fourth-order valence-electron chi connectivity index (χ4n) is 4.40. The highest BCUT2D eigenvalue weighted by Crippen LogP contribution is 2.36. The Bertz CT molecular complexity index is 1670. The number of allylic oxidation sites excluding steroid dienone is 1. The molecule has 40 heavy (non-hydrogen) atoms. The third-order valence-electron chi connectivity index (χ3n) is 6.06. The van der Waals surface area contributed by atoms with Crippen LogP contribution in [0, 0.1) is 0 Å². The molecule has 10 nitrogen and oxygen atoms in total. The van der Waals surface area contributed by atoms with Crippen LogP contribution in [-0.4, -0.2) is 43.9 Å². The van der Waals surface area contributed by atoms with Crippen molar-refractivity contribution >= 4 is 29.4 Å². The normalized spacial score (nSPS) is 14.8. The topological polar surface area (TPSA) is 115 Å². The molecule has 0 fully saturated rings. The predicted octanol–water partition coefficient (Wildman–Crippen LogP) is 3.14. The molecule has 1 unspecified atom stereocenters. The van der Waals surface area contributed by atoms with Gasteiger partial charge in [-0.05, 0) is 62.2 Å². The van der Waals surface area contributed by atoms with Crippen molar-refractivity contribution in [3.8, 4) is 23.0 Å². The zero-order valence-electron chi connectivity index (χ0n) is 23.1. The van der Waals surface area contributed by atoms with Crippen molar-refractivity contribution in [2.24, 2.45) is 4.99 Å². The number of aromatic nitrogens is 1. The Morgan fingerprint density at radius 3 is 2.35 bits per heavy atom. The van der Waals surface area contributed by atoms with Crippen molar-refractivity contribution in [2.45, 2.75) is 33.7 Å². The lowest BCUT2D eigenvalue weighted by molar-refractivity contribution is -0.139. The van der Waals surface area contributed by atoms with Crippen molar-refractivity contribution in [3.63, 3.8) is 0 Å². The number of nitrogens with zero attached hydrogens (tertiary/aromatic N) is 2. The lowest BCUT2D eigenvalue weighted by Crippen LogP contribution is -2.40. The van der Waals surface area contributed by atoms with Gasteiger partial charge in [-0.1, -0.05) is 23.5 Å². The van der Waals surface area contributed by atoms with E-state index in [2.05, 4.69) is 4.99 Å². The summed E-state index contributed by atoms with van der Waals surface area (Å²) in [6.07, 6.45) is 1.74. The molecule has 0 N–H and O–H groups in total. The van der Waals surface area contributed by atoms with Crippen molar-refractivity contribution in [1.82, 2.24) is 4.57 Å². The summed E-state index contributed by atoms with van der Waals surface area (Å²) in [6.45, 7) is 7.23. The van der Waals surface area contributed by atoms with Crippen LogP contribution in [0.3, 0.4) is 0 Å². The van der Waals surface area contributed by atoms with Crippen LogP contribution in [0.5, 0.6) is 23.0 Å². The Morgan fingerprint density at radius 2 is 1.70 bits per heavy atom. The fraction of sp³-hybridized carbons (Fsp3) is 0.310. The maximum atomic E-state index is 13.9. The molecule has 0 spiro atoms. The molecule has 0 bridgehead atoms. The van der Waals surface area contributed by atoms with Gasteiger partial charge in [0.1, 0.15) is 0 Å². The van der Waals surface area contributed by atoms with Crippen molar-refractivity contribution in [3.05, 3.63) is 78.5 Å². The summed E-state index contributed by atoms with van der Waals surface area (Å²) in [5.74, 6) is 0.546. The Kier molecular flexibility index (Phi) is 8.73. The van der Waals surface area contributed by atoms with E-state index in [9.17, 15) is 14.4 Å². The summed E-state index contributed by atoms with van der Waals surface area (Å²) < 4.78 is 29.0. The molecular weight excluding hydrogens is 536 g/mol. The van der Waals surface area contributed by atoms with Gasteiger partial charge in [0.05, 0.1) is 49.3 Å². The Labute approximate surface area is 234 Å². The van der Waals surface area contributed by atoms with E-state index in [1.165, 1.54) is 29.9 Å². The van der Waals surface area contributed by atoms with Gasteiger partial charge in [-0.2, -0.15) is 0 Å². The molecule has 2 aromatic carbocycles. The van der Waals surface area contributed by atoms with E-state index < -0.39 is 18.0 Å². The smallest absolute Gasteiger partial charge is 0.338 e. The minimum absolute atomic E-state index is 0.154. The molecule has 0 aliphatic carbocycles. The average Bonchev–Trinajstić information content (AvgIpc) is 3.22. The van der Waals surface area contributed by atoms with Crippen LogP contribution in [0.2, 0.25) is 0 Å². The number of thiazole rings is 1. The molecule has 11 heteroatoms. The number of ether oxygens (including phenoxy) is 5. The molecule has 0 radical (unpaired) electrons. The minimum atomic E-state index is -0.854. The van der Waals surface area contributed by atoms with Gasteiger partial charge in [0.2, 0.25) is 0 Å². The van der Waals surface area contributed by atoms with Crippen molar-refractivity contribution in [1.29, 1.82) is 0 Å². The van der Waals surface area contributed by atoms with E-state index in [0.29, 0.717) is 38.7 Å². The number of hydrogen-bond acceptors (Lipinski definition) is 10. The highest BCUT2D eigenvalue weighted by atomic mass is 32.1. The number of carbonyl (C=O) groups is 2. The Morgan fingerprint density at radius 1 is 1.00 bits per heavy atom. The van der Waals surface area contributed by atoms with E-state index in [0.717, 1.165) is 5.56 Å². The van der Waals surface area contributed by atoms with Gasteiger partial charge in [-0.3, -0.25) is 14.2 Å². The van der Waals surface area contributed by atoms with Gasteiger partial charge in [-0.15, -0.1) is 0 Å². The van der Waals surface area contributed by atoms with Crippen LogP contribution >= 0.6 is 11.3 Å². The molecule has 1 aliphatic heterocycles. The van der Waals surface area contributed by atoms with Gasteiger partial charge >= 0.3 is 11.9 Å². The van der Waals surface area contributed by atoms with E-state index in [1.807, 2.05) is 13.0 Å². The number of fused-ring (bicyclic) bond motifs is 1. The number of benzene rings is 2. The van der Waals surface area contributed by atoms with Crippen molar-refractivity contribution < 1.29 is 33.3 Å². The molecule has 2 heterocycles.